The third-order valence-electron chi connectivity index (χ3n) is 4.05. The number of amides is 1. The Kier molecular flexibility index (Phi) is 8.89. The van der Waals surface area contributed by atoms with E-state index in [1.54, 1.807) is 7.11 Å². The largest absolute Gasteiger partial charge is 0.465 e. The quantitative estimate of drug-likeness (QED) is 0.563. The number of ether oxygens (including phenoxy) is 1. The summed E-state index contributed by atoms with van der Waals surface area (Å²) < 4.78 is 5.00. The molecular formula is C19H32N2O4. The highest BCUT2D eigenvalue weighted by Gasteiger charge is 2.37. The second kappa shape index (κ2) is 10.4. The molecule has 0 bridgehead atoms. The molecule has 0 heterocycles. The van der Waals surface area contributed by atoms with Gasteiger partial charge in [-0.15, -0.1) is 0 Å². The first-order chi connectivity index (χ1) is 11.8. The molecule has 1 aromatic carbocycles. The Labute approximate surface area is 150 Å². The standard InChI is InChI=1S/C19H32N2O4/c1-19(2,3)21(18(23)24)16(13-15-9-6-5-7-10-15)17(22)14-20-11-8-12-25-4/h5-7,9-10,16-17,20,22H,8,11-14H2,1-4H3,(H,23,24)/t16-,17+/m0/s1. The molecule has 6 nitrogen and oxygen atoms in total. The van der Waals surface area contributed by atoms with Crippen molar-refractivity contribution in [1.29, 1.82) is 0 Å². The van der Waals surface area contributed by atoms with Crippen LogP contribution in [-0.4, -0.2) is 65.7 Å². The van der Waals surface area contributed by atoms with Crippen molar-refractivity contribution < 1.29 is 19.7 Å². The summed E-state index contributed by atoms with van der Waals surface area (Å²) in [5, 5.41) is 23.6. The molecule has 3 N–H and O–H groups in total. The first-order valence-corrected chi connectivity index (χ1v) is 8.71. The number of nitrogens with one attached hydrogen (secondary N) is 1. The number of aliphatic hydroxyl groups is 1. The van der Waals surface area contributed by atoms with Gasteiger partial charge in [0, 0.05) is 25.8 Å². The minimum atomic E-state index is -1.02. The highest BCUT2D eigenvalue weighted by molar-refractivity contribution is 5.66. The van der Waals surface area contributed by atoms with Gasteiger partial charge in [-0.05, 0) is 45.7 Å². The second-order valence-corrected chi connectivity index (χ2v) is 7.20. The van der Waals surface area contributed by atoms with Gasteiger partial charge in [0.05, 0.1) is 12.1 Å². The Morgan fingerprint density at radius 2 is 1.92 bits per heavy atom. The lowest BCUT2D eigenvalue weighted by Crippen LogP contribution is -2.58. The second-order valence-electron chi connectivity index (χ2n) is 7.20. The van der Waals surface area contributed by atoms with Gasteiger partial charge < -0.3 is 20.3 Å². The van der Waals surface area contributed by atoms with Crippen LogP contribution in [0.1, 0.15) is 32.8 Å². The SMILES string of the molecule is COCCCNC[C@@H](O)[C@H](Cc1ccccc1)N(C(=O)O)C(C)(C)C. The van der Waals surface area contributed by atoms with E-state index in [0.717, 1.165) is 12.0 Å². The van der Waals surface area contributed by atoms with Crippen LogP contribution in [0.4, 0.5) is 4.79 Å². The van der Waals surface area contributed by atoms with E-state index in [2.05, 4.69) is 5.32 Å². The number of aliphatic hydroxyl groups excluding tert-OH is 1. The van der Waals surface area contributed by atoms with Crippen molar-refractivity contribution in [3.05, 3.63) is 35.9 Å². The van der Waals surface area contributed by atoms with Crippen molar-refractivity contribution in [3.8, 4) is 0 Å². The van der Waals surface area contributed by atoms with Gasteiger partial charge in [-0.2, -0.15) is 0 Å². The highest BCUT2D eigenvalue weighted by atomic mass is 16.5. The van der Waals surface area contributed by atoms with Crippen LogP contribution in [-0.2, 0) is 11.2 Å². The predicted octanol–water partition coefficient (Wildman–Crippen LogP) is 2.36. The molecule has 6 heteroatoms. The summed E-state index contributed by atoms with van der Waals surface area (Å²) in [6.07, 6.45) is -0.523. The summed E-state index contributed by atoms with van der Waals surface area (Å²) in [5.41, 5.74) is 0.393. The maximum atomic E-state index is 11.9. The minimum Gasteiger partial charge on any atom is -0.465 e. The van der Waals surface area contributed by atoms with Crippen LogP contribution in [0.5, 0.6) is 0 Å². The van der Waals surface area contributed by atoms with E-state index in [1.165, 1.54) is 4.90 Å². The molecule has 1 amide bonds. The minimum absolute atomic E-state index is 0.334. The van der Waals surface area contributed by atoms with Crippen molar-refractivity contribution in [2.45, 2.75) is 51.3 Å². The van der Waals surface area contributed by atoms with E-state index in [0.29, 0.717) is 26.1 Å². The molecule has 1 aromatic rings. The molecule has 1 rings (SSSR count). The Hall–Kier alpha value is -1.63. The molecule has 0 saturated heterocycles. The molecule has 0 aromatic heterocycles. The zero-order valence-corrected chi connectivity index (χ0v) is 15.7. The molecule has 2 atom stereocenters. The molecule has 0 aliphatic heterocycles. The fourth-order valence-corrected chi connectivity index (χ4v) is 2.91. The third kappa shape index (κ3) is 7.42. The normalized spacial score (nSPS) is 14.1. The number of methoxy groups -OCH3 is 1. The van der Waals surface area contributed by atoms with Crippen molar-refractivity contribution in [3.63, 3.8) is 0 Å². The summed E-state index contributed by atoms with van der Waals surface area (Å²) >= 11 is 0. The zero-order chi connectivity index (χ0) is 18.9. The van der Waals surface area contributed by atoms with Crippen LogP contribution in [0, 0.1) is 0 Å². The molecule has 0 saturated carbocycles. The van der Waals surface area contributed by atoms with E-state index in [9.17, 15) is 15.0 Å². The molecule has 0 aliphatic rings. The molecule has 0 radical (unpaired) electrons. The van der Waals surface area contributed by atoms with Gasteiger partial charge in [-0.3, -0.25) is 4.90 Å². The summed E-state index contributed by atoms with van der Waals surface area (Å²) in [7, 11) is 1.65. The van der Waals surface area contributed by atoms with Crippen LogP contribution in [0.3, 0.4) is 0 Å². The number of nitrogens with zero attached hydrogens (tertiary/aromatic N) is 1. The molecule has 142 valence electrons. The number of hydrogen-bond donors (Lipinski definition) is 3. The fourth-order valence-electron chi connectivity index (χ4n) is 2.91. The number of rotatable bonds is 10. The monoisotopic (exact) mass is 352 g/mol. The fraction of sp³-hybridized carbons (Fsp3) is 0.632. The number of carboxylic acid groups (broad SMARTS) is 1. The van der Waals surface area contributed by atoms with Gasteiger partial charge in [0.2, 0.25) is 0 Å². The molecule has 25 heavy (non-hydrogen) atoms. The van der Waals surface area contributed by atoms with Crippen LogP contribution in [0.2, 0.25) is 0 Å². The topological polar surface area (TPSA) is 82.0 Å². The molecule has 0 aliphatic carbocycles. The van der Waals surface area contributed by atoms with E-state index >= 15 is 0 Å². The lowest BCUT2D eigenvalue weighted by atomic mass is 9.94. The molecule has 0 unspecified atom stereocenters. The maximum Gasteiger partial charge on any atom is 0.408 e. The Morgan fingerprint density at radius 1 is 1.28 bits per heavy atom. The van der Waals surface area contributed by atoms with E-state index < -0.39 is 23.8 Å². The third-order valence-corrected chi connectivity index (χ3v) is 4.05. The lowest BCUT2D eigenvalue weighted by molar-refractivity contribution is 0.00775. The zero-order valence-electron chi connectivity index (χ0n) is 15.7. The van der Waals surface area contributed by atoms with Crippen LogP contribution >= 0.6 is 0 Å². The Bertz CT molecular complexity index is 502. The summed E-state index contributed by atoms with van der Waals surface area (Å²) in [4.78, 5) is 13.2. The van der Waals surface area contributed by atoms with Gasteiger partial charge in [-0.1, -0.05) is 30.3 Å². The van der Waals surface area contributed by atoms with Crippen molar-refractivity contribution in [2.75, 3.05) is 26.8 Å². The van der Waals surface area contributed by atoms with E-state index in [1.807, 2.05) is 51.1 Å². The maximum absolute atomic E-state index is 11.9. The van der Waals surface area contributed by atoms with Crippen LogP contribution < -0.4 is 5.32 Å². The van der Waals surface area contributed by atoms with Crippen molar-refractivity contribution in [2.24, 2.45) is 0 Å². The lowest BCUT2D eigenvalue weighted by Gasteiger charge is -2.42. The van der Waals surface area contributed by atoms with Gasteiger partial charge >= 0.3 is 6.09 Å². The molecule has 0 spiro atoms. The molecule has 0 fully saturated rings. The highest BCUT2D eigenvalue weighted by Crippen LogP contribution is 2.22. The molecular weight excluding hydrogens is 320 g/mol. The van der Waals surface area contributed by atoms with Crippen molar-refractivity contribution in [1.82, 2.24) is 10.2 Å². The smallest absolute Gasteiger partial charge is 0.408 e. The number of carbonyl (C=O) groups is 1. The van der Waals surface area contributed by atoms with Gasteiger partial charge in [0.1, 0.15) is 0 Å². The van der Waals surface area contributed by atoms with E-state index in [-0.39, 0.29) is 0 Å². The van der Waals surface area contributed by atoms with Gasteiger partial charge in [0.25, 0.3) is 0 Å². The summed E-state index contributed by atoms with van der Waals surface area (Å²) in [5.74, 6) is 0. The van der Waals surface area contributed by atoms with Crippen LogP contribution in [0.15, 0.2) is 30.3 Å². The van der Waals surface area contributed by atoms with Gasteiger partial charge in [-0.25, -0.2) is 4.79 Å². The summed E-state index contributed by atoms with van der Waals surface area (Å²) in [6.45, 7) is 7.24. The average molecular weight is 352 g/mol. The van der Waals surface area contributed by atoms with Crippen molar-refractivity contribution >= 4 is 6.09 Å². The van der Waals surface area contributed by atoms with E-state index in [4.69, 9.17) is 4.74 Å². The Morgan fingerprint density at radius 3 is 2.44 bits per heavy atom. The van der Waals surface area contributed by atoms with Gasteiger partial charge in [0.15, 0.2) is 0 Å². The van der Waals surface area contributed by atoms with Crippen LogP contribution in [0.25, 0.3) is 0 Å². The number of benzene rings is 1. The number of hydrogen-bond acceptors (Lipinski definition) is 4. The first kappa shape index (κ1) is 21.4. The predicted molar refractivity (Wildman–Crippen MR) is 98.9 cm³/mol. The Balaban J connectivity index is 2.87. The average Bonchev–Trinajstić information content (AvgIpc) is 2.53. The summed E-state index contributed by atoms with van der Waals surface area (Å²) in [6, 6.07) is 9.14. The first-order valence-electron chi connectivity index (χ1n) is 8.71.